The van der Waals surface area contributed by atoms with Crippen LogP contribution in [0.1, 0.15) is 19.8 Å². The van der Waals surface area contributed by atoms with E-state index in [1.165, 1.54) is 12.6 Å². The molecule has 0 aromatic rings. The van der Waals surface area contributed by atoms with E-state index in [2.05, 4.69) is 15.0 Å². The second-order valence-corrected chi connectivity index (χ2v) is 4.74. The van der Waals surface area contributed by atoms with Crippen LogP contribution in [0.25, 0.3) is 0 Å². The molecular formula is C12H20ClN3O2. The molecule has 1 N–H and O–H groups in total. The Morgan fingerprint density at radius 1 is 1.56 bits per heavy atom. The van der Waals surface area contributed by atoms with Crippen LogP contribution in [-0.4, -0.2) is 44.1 Å². The number of amidine groups is 1. The summed E-state index contributed by atoms with van der Waals surface area (Å²) in [6, 6.07) is 0. The molecule has 0 amide bonds. The van der Waals surface area contributed by atoms with Crippen molar-refractivity contribution < 1.29 is 9.53 Å². The molecule has 0 aromatic heterocycles. The summed E-state index contributed by atoms with van der Waals surface area (Å²) in [5, 5.41) is 2.98. The number of halogens is 1. The van der Waals surface area contributed by atoms with Gasteiger partial charge in [-0.2, -0.15) is 0 Å². The number of hydrogen-bond donors (Lipinski definition) is 1. The summed E-state index contributed by atoms with van der Waals surface area (Å²) in [5.41, 5.74) is 1.40. The van der Waals surface area contributed by atoms with Crippen molar-refractivity contribution in [1.29, 1.82) is 0 Å². The molecule has 0 spiro atoms. The maximum atomic E-state index is 11.4. The number of esters is 1. The van der Waals surface area contributed by atoms with E-state index in [-0.39, 0.29) is 11.9 Å². The first-order valence-corrected chi connectivity index (χ1v) is 6.33. The molecule has 1 unspecified atom stereocenters. The normalized spacial score (nSPS) is 18.8. The van der Waals surface area contributed by atoms with Crippen LogP contribution in [-0.2, 0) is 9.53 Å². The van der Waals surface area contributed by atoms with Gasteiger partial charge in [0, 0.05) is 11.5 Å². The van der Waals surface area contributed by atoms with Crippen LogP contribution in [0.15, 0.2) is 16.2 Å². The van der Waals surface area contributed by atoms with Crippen molar-refractivity contribution in [2.45, 2.75) is 25.9 Å². The lowest BCUT2D eigenvalue weighted by Gasteiger charge is -2.18. The summed E-state index contributed by atoms with van der Waals surface area (Å²) in [5.74, 6) is 0.702. The van der Waals surface area contributed by atoms with Crippen LogP contribution in [0.3, 0.4) is 0 Å². The fraction of sp³-hybridized carbons (Fsp3) is 0.667. The van der Waals surface area contributed by atoms with Gasteiger partial charge >= 0.3 is 5.97 Å². The summed E-state index contributed by atoms with van der Waals surface area (Å²) in [4.78, 5) is 18.0. The van der Waals surface area contributed by atoms with Gasteiger partial charge in [0.25, 0.3) is 0 Å². The van der Waals surface area contributed by atoms with E-state index in [9.17, 15) is 4.79 Å². The number of nitrogens with zero attached hydrogens (tertiary/aromatic N) is 2. The SMILES string of the molecule is COC(=O)/C(=C\Cl)NC(=NC(C)N(C)C)C1CC1. The molecule has 1 aliphatic carbocycles. The molecule has 1 atom stereocenters. The van der Waals surface area contributed by atoms with Gasteiger partial charge in [0.1, 0.15) is 17.7 Å². The fourth-order valence-corrected chi connectivity index (χ4v) is 1.43. The number of nitrogens with one attached hydrogen (secondary N) is 1. The quantitative estimate of drug-likeness (QED) is 0.357. The third-order valence-electron chi connectivity index (χ3n) is 2.81. The number of ether oxygens (including phenoxy) is 1. The molecule has 0 aliphatic heterocycles. The highest BCUT2D eigenvalue weighted by molar-refractivity contribution is 6.27. The molecule has 0 bridgehead atoms. The molecule has 6 heteroatoms. The van der Waals surface area contributed by atoms with E-state index < -0.39 is 5.97 Å². The maximum Gasteiger partial charge on any atom is 0.355 e. The summed E-state index contributed by atoms with van der Waals surface area (Å²) >= 11 is 5.62. The van der Waals surface area contributed by atoms with Crippen LogP contribution in [0.4, 0.5) is 0 Å². The lowest BCUT2D eigenvalue weighted by Crippen LogP contribution is -2.33. The van der Waals surface area contributed by atoms with Crippen molar-refractivity contribution in [3.05, 3.63) is 11.2 Å². The molecule has 0 heterocycles. The van der Waals surface area contributed by atoms with Gasteiger partial charge in [-0.25, -0.2) is 4.79 Å². The highest BCUT2D eigenvalue weighted by atomic mass is 35.5. The molecule has 1 rings (SSSR count). The maximum absolute atomic E-state index is 11.4. The van der Waals surface area contributed by atoms with Crippen molar-refractivity contribution in [3.8, 4) is 0 Å². The van der Waals surface area contributed by atoms with E-state index in [4.69, 9.17) is 11.6 Å². The third kappa shape index (κ3) is 4.31. The number of rotatable bonds is 5. The monoisotopic (exact) mass is 273 g/mol. The summed E-state index contributed by atoms with van der Waals surface area (Å²) < 4.78 is 4.64. The minimum atomic E-state index is -0.490. The van der Waals surface area contributed by atoms with Crippen molar-refractivity contribution in [2.75, 3.05) is 21.2 Å². The zero-order valence-electron chi connectivity index (χ0n) is 11.2. The minimum Gasteiger partial charge on any atom is -0.464 e. The Balaban J connectivity index is 2.77. The van der Waals surface area contributed by atoms with Gasteiger partial charge in [0.05, 0.1) is 7.11 Å². The summed E-state index contributed by atoms with van der Waals surface area (Å²) in [6.07, 6.45) is 2.22. The highest BCUT2D eigenvalue weighted by Crippen LogP contribution is 2.30. The van der Waals surface area contributed by atoms with E-state index in [1.807, 2.05) is 25.9 Å². The average molecular weight is 274 g/mol. The number of hydrogen-bond acceptors (Lipinski definition) is 4. The predicted molar refractivity (Wildman–Crippen MR) is 72.4 cm³/mol. The Hall–Kier alpha value is -1.07. The van der Waals surface area contributed by atoms with E-state index in [1.54, 1.807) is 0 Å². The first kappa shape index (κ1) is 15.0. The lowest BCUT2D eigenvalue weighted by molar-refractivity contribution is -0.136. The van der Waals surface area contributed by atoms with Crippen molar-refractivity contribution in [2.24, 2.45) is 10.9 Å². The molecule has 1 fully saturated rings. The second kappa shape index (κ2) is 6.75. The Kier molecular flexibility index (Phi) is 5.62. The molecule has 5 nitrogen and oxygen atoms in total. The molecular weight excluding hydrogens is 254 g/mol. The number of carbonyl (C=O) groups is 1. The Morgan fingerprint density at radius 2 is 2.17 bits per heavy atom. The topological polar surface area (TPSA) is 53.9 Å². The van der Waals surface area contributed by atoms with Crippen LogP contribution in [0.2, 0.25) is 0 Å². The fourth-order valence-electron chi connectivity index (χ4n) is 1.28. The van der Waals surface area contributed by atoms with Crippen molar-refractivity contribution in [1.82, 2.24) is 10.2 Å². The Morgan fingerprint density at radius 3 is 2.56 bits per heavy atom. The molecule has 0 aromatic carbocycles. The minimum absolute atomic E-state index is 0.0438. The Bertz CT molecular complexity index is 362. The van der Waals surface area contributed by atoms with E-state index in [0.717, 1.165) is 18.7 Å². The standard InChI is InChI=1S/C12H20ClN3O2/c1-8(16(2)3)14-11(9-5-6-9)15-10(7-13)12(17)18-4/h7-9H,5-6H2,1-4H3,(H,14,15)/b10-7+. The van der Waals surface area contributed by atoms with Gasteiger partial charge in [-0.05, 0) is 33.9 Å². The van der Waals surface area contributed by atoms with Crippen LogP contribution >= 0.6 is 11.6 Å². The van der Waals surface area contributed by atoms with Crippen LogP contribution in [0.5, 0.6) is 0 Å². The number of methoxy groups -OCH3 is 1. The number of aliphatic imine (C=N–C) groups is 1. The van der Waals surface area contributed by atoms with Gasteiger partial charge in [-0.15, -0.1) is 0 Å². The molecule has 18 heavy (non-hydrogen) atoms. The molecule has 1 saturated carbocycles. The highest BCUT2D eigenvalue weighted by Gasteiger charge is 2.29. The first-order valence-electron chi connectivity index (χ1n) is 5.89. The average Bonchev–Trinajstić information content (AvgIpc) is 3.17. The van der Waals surface area contributed by atoms with E-state index >= 15 is 0 Å². The van der Waals surface area contributed by atoms with Crippen molar-refractivity contribution in [3.63, 3.8) is 0 Å². The van der Waals surface area contributed by atoms with Gasteiger partial charge in [-0.3, -0.25) is 9.89 Å². The summed E-state index contributed by atoms with van der Waals surface area (Å²) in [6.45, 7) is 1.99. The number of carbonyl (C=O) groups excluding carboxylic acids is 1. The van der Waals surface area contributed by atoms with E-state index in [0.29, 0.717) is 5.92 Å². The third-order valence-corrected chi connectivity index (χ3v) is 3.03. The predicted octanol–water partition coefficient (Wildman–Crippen LogP) is 1.55. The molecule has 1 aliphatic rings. The second-order valence-electron chi connectivity index (χ2n) is 4.52. The van der Waals surface area contributed by atoms with Gasteiger partial charge in [0.2, 0.25) is 0 Å². The molecule has 102 valence electrons. The lowest BCUT2D eigenvalue weighted by atomic mass is 10.3. The Labute approximate surface area is 113 Å². The summed E-state index contributed by atoms with van der Waals surface area (Å²) in [7, 11) is 5.23. The van der Waals surface area contributed by atoms with Crippen molar-refractivity contribution >= 4 is 23.4 Å². The molecule has 0 radical (unpaired) electrons. The van der Waals surface area contributed by atoms with Gasteiger partial charge in [0.15, 0.2) is 0 Å². The van der Waals surface area contributed by atoms with Gasteiger partial charge in [-0.1, -0.05) is 11.6 Å². The largest absolute Gasteiger partial charge is 0.464 e. The van der Waals surface area contributed by atoms with Crippen LogP contribution < -0.4 is 5.32 Å². The smallest absolute Gasteiger partial charge is 0.355 e. The van der Waals surface area contributed by atoms with Crippen LogP contribution in [0, 0.1) is 5.92 Å². The zero-order valence-corrected chi connectivity index (χ0v) is 12.0. The zero-order chi connectivity index (χ0) is 13.7. The molecule has 0 saturated heterocycles. The first-order chi connectivity index (χ1) is 8.49. The van der Waals surface area contributed by atoms with Gasteiger partial charge < -0.3 is 10.1 Å².